The van der Waals surface area contributed by atoms with E-state index in [0.29, 0.717) is 16.4 Å². The molecule has 2 aromatic rings. The topological polar surface area (TPSA) is 55.1 Å². The van der Waals surface area contributed by atoms with Gasteiger partial charge in [-0.1, -0.05) is 29.2 Å². The van der Waals surface area contributed by atoms with E-state index in [1.807, 2.05) is 0 Å². The van der Waals surface area contributed by atoms with Gasteiger partial charge in [-0.3, -0.25) is 4.79 Å². The van der Waals surface area contributed by atoms with Crippen molar-refractivity contribution in [1.29, 1.82) is 0 Å². The number of hydrogen-bond donors (Lipinski definition) is 1. The van der Waals surface area contributed by atoms with E-state index in [9.17, 15) is 4.79 Å². The molecule has 0 unspecified atom stereocenters. The molecular weight excluding hydrogens is 276 g/mol. The monoisotopic (exact) mass is 290 g/mol. The summed E-state index contributed by atoms with van der Waals surface area (Å²) in [6.45, 7) is 0. The number of amides is 1. The van der Waals surface area contributed by atoms with Crippen molar-refractivity contribution in [3.05, 3.63) is 46.3 Å². The first-order valence-corrected chi connectivity index (χ1v) is 7.16. The van der Waals surface area contributed by atoms with Crippen LogP contribution in [0.15, 0.2) is 28.8 Å². The van der Waals surface area contributed by atoms with E-state index < -0.39 is 0 Å². The number of aromatic nitrogens is 1. The van der Waals surface area contributed by atoms with Gasteiger partial charge in [0.1, 0.15) is 5.76 Å². The summed E-state index contributed by atoms with van der Waals surface area (Å²) < 4.78 is 5.31. The highest BCUT2D eigenvalue weighted by Crippen LogP contribution is 2.24. The number of anilines is 1. The van der Waals surface area contributed by atoms with Crippen LogP contribution in [0.2, 0.25) is 5.02 Å². The average Bonchev–Trinajstić information content (AvgIpc) is 2.68. The molecule has 4 nitrogen and oxygen atoms in total. The molecule has 5 heteroatoms. The normalized spacial score (nSPS) is 14.4. The maximum absolute atomic E-state index is 12.3. The second-order valence-corrected chi connectivity index (χ2v) is 5.39. The average molecular weight is 291 g/mol. The maximum Gasteiger partial charge on any atom is 0.278 e. The van der Waals surface area contributed by atoms with E-state index in [-0.39, 0.29) is 5.91 Å². The van der Waals surface area contributed by atoms with Crippen LogP contribution in [0.4, 0.5) is 5.69 Å². The summed E-state index contributed by atoms with van der Waals surface area (Å²) >= 11 is 5.90. The quantitative estimate of drug-likeness (QED) is 0.855. The third-order valence-electron chi connectivity index (χ3n) is 3.50. The summed E-state index contributed by atoms with van der Waals surface area (Å²) in [5.74, 6) is 0.623. The molecule has 104 valence electrons. The highest BCUT2D eigenvalue weighted by atomic mass is 35.5. The number of rotatable bonds is 2. The number of benzene rings is 1. The summed E-state index contributed by atoms with van der Waals surface area (Å²) in [7, 11) is 0. The molecule has 1 aliphatic carbocycles. The highest BCUT2D eigenvalue weighted by Gasteiger charge is 2.23. The Bertz CT molecular complexity index is 637. The second-order valence-electron chi connectivity index (χ2n) is 4.96. The van der Waals surface area contributed by atoms with E-state index in [4.69, 9.17) is 16.1 Å². The van der Waals surface area contributed by atoms with E-state index in [1.165, 1.54) is 6.42 Å². The number of nitrogens with zero attached hydrogens (tertiary/aromatic N) is 1. The van der Waals surface area contributed by atoms with Crippen molar-refractivity contribution >= 4 is 23.2 Å². The van der Waals surface area contributed by atoms with Gasteiger partial charge in [-0.2, -0.15) is 0 Å². The predicted octanol–water partition coefficient (Wildman–Crippen LogP) is 3.85. The molecule has 0 saturated carbocycles. The fourth-order valence-corrected chi connectivity index (χ4v) is 2.69. The standard InChI is InChI=1S/C15H15ClN2O2/c16-10-5-4-6-11(9-10)17-15(19)14-12-7-2-1-3-8-13(12)20-18-14/h4-6,9H,1-3,7-8H2,(H,17,19). The van der Waals surface area contributed by atoms with Crippen LogP contribution in [-0.2, 0) is 12.8 Å². The van der Waals surface area contributed by atoms with Gasteiger partial charge in [0.05, 0.1) is 0 Å². The first kappa shape index (κ1) is 13.2. The molecule has 0 bridgehead atoms. The lowest BCUT2D eigenvalue weighted by Crippen LogP contribution is -2.14. The molecule has 0 radical (unpaired) electrons. The number of aryl methyl sites for hydroxylation is 1. The van der Waals surface area contributed by atoms with Gasteiger partial charge in [-0.15, -0.1) is 0 Å². The predicted molar refractivity (Wildman–Crippen MR) is 77.2 cm³/mol. The molecule has 1 heterocycles. The Kier molecular flexibility index (Phi) is 3.74. The summed E-state index contributed by atoms with van der Waals surface area (Å²) in [6, 6.07) is 7.06. The van der Waals surface area contributed by atoms with Crippen molar-refractivity contribution < 1.29 is 9.32 Å². The molecule has 1 N–H and O–H groups in total. The van der Waals surface area contributed by atoms with Crippen LogP contribution < -0.4 is 5.32 Å². The Morgan fingerprint density at radius 2 is 2.10 bits per heavy atom. The van der Waals surface area contributed by atoms with Crippen molar-refractivity contribution in [1.82, 2.24) is 5.16 Å². The van der Waals surface area contributed by atoms with Gasteiger partial charge < -0.3 is 9.84 Å². The largest absolute Gasteiger partial charge is 0.360 e. The smallest absolute Gasteiger partial charge is 0.278 e. The molecule has 0 atom stereocenters. The summed E-state index contributed by atoms with van der Waals surface area (Å²) in [5.41, 5.74) is 2.02. The molecule has 1 aliphatic rings. The summed E-state index contributed by atoms with van der Waals surface area (Å²) in [4.78, 5) is 12.3. The van der Waals surface area contributed by atoms with Crippen LogP contribution in [-0.4, -0.2) is 11.1 Å². The zero-order chi connectivity index (χ0) is 13.9. The fourth-order valence-electron chi connectivity index (χ4n) is 2.50. The lowest BCUT2D eigenvalue weighted by atomic mass is 10.1. The van der Waals surface area contributed by atoms with Crippen LogP contribution in [0, 0.1) is 0 Å². The SMILES string of the molecule is O=C(Nc1cccc(Cl)c1)c1noc2c1CCCCC2. The molecule has 20 heavy (non-hydrogen) atoms. The van der Waals surface area contributed by atoms with Crippen LogP contribution in [0.5, 0.6) is 0 Å². The molecular formula is C15H15ClN2O2. The molecule has 3 rings (SSSR count). The molecule has 1 aromatic heterocycles. The Morgan fingerprint density at radius 3 is 2.95 bits per heavy atom. The lowest BCUT2D eigenvalue weighted by molar-refractivity contribution is 0.101. The van der Waals surface area contributed by atoms with Crippen LogP contribution >= 0.6 is 11.6 Å². The Balaban J connectivity index is 1.82. The fraction of sp³-hybridized carbons (Fsp3) is 0.333. The number of carbonyl (C=O) groups excluding carboxylic acids is 1. The number of fused-ring (bicyclic) bond motifs is 1. The third-order valence-corrected chi connectivity index (χ3v) is 3.73. The minimum Gasteiger partial charge on any atom is -0.360 e. The third kappa shape index (κ3) is 2.70. The zero-order valence-corrected chi connectivity index (χ0v) is 11.7. The van der Waals surface area contributed by atoms with Crippen LogP contribution in [0.1, 0.15) is 41.1 Å². The molecule has 0 spiro atoms. The number of nitrogens with one attached hydrogen (secondary N) is 1. The first-order chi connectivity index (χ1) is 9.74. The molecule has 1 amide bonds. The molecule has 1 aromatic carbocycles. The van der Waals surface area contributed by atoms with Gasteiger partial charge in [0, 0.05) is 22.7 Å². The summed E-state index contributed by atoms with van der Waals surface area (Å²) in [6.07, 6.45) is 5.06. The Labute approximate surface area is 122 Å². The number of carbonyl (C=O) groups is 1. The minimum absolute atomic E-state index is 0.237. The first-order valence-electron chi connectivity index (χ1n) is 6.78. The Morgan fingerprint density at radius 1 is 1.25 bits per heavy atom. The van der Waals surface area contributed by atoms with Gasteiger partial charge >= 0.3 is 0 Å². The number of halogens is 1. The van der Waals surface area contributed by atoms with E-state index in [2.05, 4.69) is 10.5 Å². The summed E-state index contributed by atoms with van der Waals surface area (Å²) in [5, 5.41) is 7.33. The van der Waals surface area contributed by atoms with Crippen molar-refractivity contribution in [3.63, 3.8) is 0 Å². The minimum atomic E-state index is -0.237. The van der Waals surface area contributed by atoms with Crippen LogP contribution in [0.25, 0.3) is 0 Å². The second kappa shape index (κ2) is 5.67. The number of hydrogen-bond acceptors (Lipinski definition) is 3. The highest BCUT2D eigenvalue weighted by molar-refractivity contribution is 6.30. The van der Waals surface area contributed by atoms with Crippen molar-refractivity contribution in [2.45, 2.75) is 32.1 Å². The molecule has 0 fully saturated rings. The van der Waals surface area contributed by atoms with Crippen molar-refractivity contribution in [3.8, 4) is 0 Å². The van der Waals surface area contributed by atoms with E-state index >= 15 is 0 Å². The molecule has 0 saturated heterocycles. The van der Waals surface area contributed by atoms with Gasteiger partial charge in [0.15, 0.2) is 5.69 Å². The van der Waals surface area contributed by atoms with Gasteiger partial charge in [-0.05, 0) is 37.5 Å². The van der Waals surface area contributed by atoms with Gasteiger partial charge in [0.25, 0.3) is 5.91 Å². The van der Waals surface area contributed by atoms with Gasteiger partial charge in [-0.25, -0.2) is 0 Å². The Hall–Kier alpha value is -1.81. The van der Waals surface area contributed by atoms with Gasteiger partial charge in [0.2, 0.25) is 0 Å². The zero-order valence-electron chi connectivity index (χ0n) is 11.0. The van der Waals surface area contributed by atoms with Crippen molar-refractivity contribution in [2.75, 3.05) is 5.32 Å². The molecule has 0 aliphatic heterocycles. The van der Waals surface area contributed by atoms with Crippen molar-refractivity contribution in [2.24, 2.45) is 0 Å². The van der Waals surface area contributed by atoms with E-state index in [1.54, 1.807) is 24.3 Å². The lowest BCUT2D eigenvalue weighted by Gasteiger charge is -2.04. The van der Waals surface area contributed by atoms with Crippen LogP contribution in [0.3, 0.4) is 0 Å². The maximum atomic E-state index is 12.3. The van der Waals surface area contributed by atoms with E-state index in [0.717, 1.165) is 37.0 Å².